The van der Waals surface area contributed by atoms with Crippen molar-refractivity contribution in [3.63, 3.8) is 0 Å². The summed E-state index contributed by atoms with van der Waals surface area (Å²) in [6, 6.07) is 84.1. The number of fused-ring (bicyclic) bond motifs is 3. The van der Waals surface area contributed by atoms with Gasteiger partial charge >= 0.3 is 0 Å². The number of para-hydroxylation sites is 2. The lowest BCUT2D eigenvalue weighted by Crippen LogP contribution is -1.99. The summed E-state index contributed by atoms with van der Waals surface area (Å²) in [6.07, 6.45) is 0. The Morgan fingerprint density at radius 1 is 0.279 bits per heavy atom. The largest absolute Gasteiger partial charge is 0.306 e. The predicted molar refractivity (Wildman–Crippen MR) is 254 cm³/mol. The number of nitrogens with zero attached hydrogens (tertiary/aromatic N) is 3. The van der Waals surface area contributed by atoms with Gasteiger partial charge in [-0.2, -0.15) is 0 Å². The van der Waals surface area contributed by atoms with Crippen LogP contribution < -0.4 is 0 Å². The lowest BCUT2D eigenvalue weighted by molar-refractivity contribution is 1.15. The van der Waals surface area contributed by atoms with Crippen LogP contribution in [-0.2, 0) is 0 Å². The quantitative estimate of drug-likeness (QED) is 0.154. The Labute approximate surface area is 355 Å². The van der Waals surface area contributed by atoms with Crippen LogP contribution in [0.5, 0.6) is 0 Å². The van der Waals surface area contributed by atoms with E-state index in [0.29, 0.717) is 5.82 Å². The minimum absolute atomic E-state index is 0.693. The zero-order valence-electron chi connectivity index (χ0n) is 33.4. The molecule has 0 N–H and O–H groups in total. The predicted octanol–water partition coefficient (Wildman–Crippen LogP) is 15.2. The van der Waals surface area contributed by atoms with Crippen molar-refractivity contribution in [2.75, 3.05) is 0 Å². The molecule has 0 atom stereocenters. The van der Waals surface area contributed by atoms with Crippen molar-refractivity contribution in [3.05, 3.63) is 237 Å². The van der Waals surface area contributed by atoms with Crippen molar-refractivity contribution in [2.45, 2.75) is 0 Å². The SMILES string of the molecule is c1ccc(-c2ccc(-c3cc(-c4ccccc4)cc(-c4cccc(-c5cccc(-c6nc(-c7ccccc7)c7c(n6)c6ccccc6n7-c6ccccc6)c5)c4)c3)cc2)cc1. The second-order valence-electron chi connectivity index (χ2n) is 15.4. The van der Waals surface area contributed by atoms with Crippen LogP contribution in [0.25, 0.3) is 106 Å². The van der Waals surface area contributed by atoms with Gasteiger partial charge in [0.15, 0.2) is 5.82 Å². The first-order valence-corrected chi connectivity index (χ1v) is 20.7. The van der Waals surface area contributed by atoms with E-state index in [1.54, 1.807) is 0 Å². The van der Waals surface area contributed by atoms with Crippen molar-refractivity contribution in [2.24, 2.45) is 0 Å². The summed E-state index contributed by atoms with van der Waals surface area (Å²) in [4.78, 5) is 10.8. The van der Waals surface area contributed by atoms with Gasteiger partial charge in [-0.15, -0.1) is 0 Å². The van der Waals surface area contributed by atoms with Gasteiger partial charge in [-0.05, 0) is 104 Å². The molecule has 9 aromatic carbocycles. The van der Waals surface area contributed by atoms with Gasteiger partial charge in [-0.1, -0.05) is 188 Å². The van der Waals surface area contributed by atoms with Crippen molar-refractivity contribution < 1.29 is 0 Å². The zero-order valence-corrected chi connectivity index (χ0v) is 33.4. The molecule has 11 aromatic rings. The fraction of sp³-hybridized carbons (Fsp3) is 0. The maximum atomic E-state index is 5.39. The van der Waals surface area contributed by atoms with Crippen LogP contribution in [0.15, 0.2) is 237 Å². The third-order valence-electron chi connectivity index (χ3n) is 11.6. The van der Waals surface area contributed by atoms with Gasteiger partial charge in [-0.25, -0.2) is 9.97 Å². The van der Waals surface area contributed by atoms with Crippen LogP contribution in [-0.4, -0.2) is 14.5 Å². The van der Waals surface area contributed by atoms with Crippen LogP contribution in [0.2, 0.25) is 0 Å². The Morgan fingerprint density at radius 2 is 0.672 bits per heavy atom. The van der Waals surface area contributed by atoms with E-state index < -0.39 is 0 Å². The molecule has 0 spiro atoms. The molecule has 11 rings (SSSR count). The van der Waals surface area contributed by atoms with Gasteiger partial charge in [0.05, 0.1) is 16.7 Å². The topological polar surface area (TPSA) is 30.7 Å². The van der Waals surface area contributed by atoms with E-state index in [1.165, 1.54) is 33.4 Å². The van der Waals surface area contributed by atoms with Gasteiger partial charge in [0.2, 0.25) is 0 Å². The number of hydrogen-bond donors (Lipinski definition) is 0. The van der Waals surface area contributed by atoms with E-state index in [4.69, 9.17) is 9.97 Å². The van der Waals surface area contributed by atoms with Crippen molar-refractivity contribution in [3.8, 4) is 84.0 Å². The van der Waals surface area contributed by atoms with Crippen LogP contribution >= 0.6 is 0 Å². The third-order valence-corrected chi connectivity index (χ3v) is 11.6. The highest BCUT2D eigenvalue weighted by Crippen LogP contribution is 2.39. The van der Waals surface area contributed by atoms with Crippen LogP contribution in [0.1, 0.15) is 0 Å². The van der Waals surface area contributed by atoms with E-state index in [9.17, 15) is 0 Å². The maximum Gasteiger partial charge on any atom is 0.160 e. The minimum Gasteiger partial charge on any atom is -0.306 e. The molecule has 0 aliphatic carbocycles. The normalized spacial score (nSPS) is 11.3. The molecule has 0 radical (unpaired) electrons. The van der Waals surface area contributed by atoms with Crippen molar-refractivity contribution >= 4 is 21.9 Å². The fourth-order valence-electron chi connectivity index (χ4n) is 8.58. The maximum absolute atomic E-state index is 5.39. The second kappa shape index (κ2) is 15.6. The molecule has 0 amide bonds. The molecular weight excluding hydrogens is 739 g/mol. The monoisotopic (exact) mass is 777 g/mol. The molecule has 3 nitrogen and oxygen atoms in total. The molecule has 0 fully saturated rings. The number of benzene rings is 9. The molecular formula is C58H39N3. The van der Waals surface area contributed by atoms with E-state index in [1.807, 2.05) is 0 Å². The summed E-state index contributed by atoms with van der Waals surface area (Å²) in [7, 11) is 0. The second-order valence-corrected chi connectivity index (χ2v) is 15.4. The molecule has 0 saturated heterocycles. The van der Waals surface area contributed by atoms with Gasteiger partial charge in [-0.3, -0.25) is 0 Å². The molecule has 0 aliphatic heterocycles. The third kappa shape index (κ3) is 6.88. The standard InChI is InChI=1S/C58H39N3/c1-5-17-40(18-6-1)42-31-33-43(34-32-42)50-37-49(41-19-7-2-8-20-41)38-51(39-50)47-25-15-23-45(35-47)46-24-16-26-48(36-46)58-59-55(44-21-9-3-10-22-44)57-56(60-58)53-29-13-14-30-54(53)61(57)52-27-11-4-12-28-52/h1-39H. The van der Waals surface area contributed by atoms with Crippen LogP contribution in [0.3, 0.4) is 0 Å². The van der Waals surface area contributed by atoms with E-state index in [2.05, 4.69) is 241 Å². The highest BCUT2D eigenvalue weighted by Gasteiger charge is 2.21. The highest BCUT2D eigenvalue weighted by atomic mass is 15.0. The van der Waals surface area contributed by atoms with Gasteiger partial charge in [0.25, 0.3) is 0 Å². The Morgan fingerprint density at radius 3 is 1.28 bits per heavy atom. The van der Waals surface area contributed by atoms with Crippen molar-refractivity contribution in [1.82, 2.24) is 14.5 Å². The zero-order chi connectivity index (χ0) is 40.5. The Hall–Kier alpha value is -8.14. The molecule has 0 unspecified atom stereocenters. The summed E-state index contributed by atoms with van der Waals surface area (Å²) < 4.78 is 2.30. The fourth-order valence-corrected chi connectivity index (χ4v) is 8.58. The van der Waals surface area contributed by atoms with Crippen molar-refractivity contribution in [1.29, 1.82) is 0 Å². The molecule has 0 aliphatic rings. The first-order chi connectivity index (χ1) is 30.2. The average Bonchev–Trinajstić information content (AvgIpc) is 3.69. The minimum atomic E-state index is 0.693. The summed E-state index contributed by atoms with van der Waals surface area (Å²) in [6.45, 7) is 0. The smallest absolute Gasteiger partial charge is 0.160 e. The summed E-state index contributed by atoms with van der Waals surface area (Å²) in [5, 5.41) is 1.09. The highest BCUT2D eigenvalue weighted by molar-refractivity contribution is 6.11. The first kappa shape index (κ1) is 36.0. The van der Waals surface area contributed by atoms with Gasteiger partial charge in [0.1, 0.15) is 5.52 Å². The molecule has 2 aromatic heterocycles. The lowest BCUT2D eigenvalue weighted by Gasteiger charge is -2.14. The Balaban J connectivity index is 1.02. The van der Waals surface area contributed by atoms with Crippen LogP contribution in [0.4, 0.5) is 0 Å². The molecule has 61 heavy (non-hydrogen) atoms. The summed E-state index contributed by atoms with van der Waals surface area (Å²) in [5.74, 6) is 0.693. The number of hydrogen-bond acceptors (Lipinski definition) is 2. The Bertz CT molecular complexity index is 3320. The Kier molecular flexibility index (Phi) is 9.18. The first-order valence-electron chi connectivity index (χ1n) is 20.7. The number of rotatable bonds is 8. The molecule has 2 heterocycles. The summed E-state index contributed by atoms with van der Waals surface area (Å²) in [5.41, 5.74) is 18.7. The van der Waals surface area contributed by atoms with Crippen LogP contribution in [0, 0.1) is 0 Å². The van der Waals surface area contributed by atoms with E-state index >= 15 is 0 Å². The van der Waals surface area contributed by atoms with E-state index in [-0.39, 0.29) is 0 Å². The molecule has 286 valence electrons. The lowest BCUT2D eigenvalue weighted by atomic mass is 9.91. The average molecular weight is 778 g/mol. The molecule has 0 bridgehead atoms. The van der Waals surface area contributed by atoms with Gasteiger partial charge < -0.3 is 4.57 Å². The number of aromatic nitrogens is 3. The van der Waals surface area contributed by atoms with Gasteiger partial charge in [0, 0.05) is 22.2 Å². The molecule has 3 heteroatoms. The summed E-state index contributed by atoms with van der Waals surface area (Å²) >= 11 is 0. The molecule has 0 saturated carbocycles. The van der Waals surface area contributed by atoms with E-state index in [0.717, 1.165) is 66.7 Å².